The zero-order valence-electron chi connectivity index (χ0n) is 10.7. The van der Waals surface area contributed by atoms with Crippen LogP contribution in [0, 0.1) is 11.3 Å². The maximum Gasteiger partial charge on any atom is 0.0905 e. The third-order valence-electron chi connectivity index (χ3n) is 3.69. The number of hydrogen-bond acceptors (Lipinski definition) is 2. The van der Waals surface area contributed by atoms with Crippen molar-refractivity contribution in [2.24, 2.45) is 11.7 Å². The smallest absolute Gasteiger partial charge is 0.0905 e. The van der Waals surface area contributed by atoms with Gasteiger partial charge in [-0.15, -0.1) is 0 Å². The zero-order chi connectivity index (χ0) is 11.8. The molecule has 1 rings (SSSR count). The SMILES string of the molecule is CCC1CCCN(CCCCC(=N)N)CC1. The Morgan fingerprint density at radius 1 is 1.31 bits per heavy atom. The van der Waals surface area contributed by atoms with Crippen LogP contribution in [-0.2, 0) is 0 Å². The Bertz CT molecular complexity index is 203. The fourth-order valence-corrected chi connectivity index (χ4v) is 2.51. The number of nitrogens with two attached hydrogens (primary N) is 1. The Kier molecular flexibility index (Phi) is 6.46. The Labute approximate surface area is 99.9 Å². The number of rotatable bonds is 6. The molecule has 0 spiro atoms. The Morgan fingerprint density at radius 3 is 2.81 bits per heavy atom. The average molecular weight is 225 g/mol. The van der Waals surface area contributed by atoms with Crippen LogP contribution < -0.4 is 5.73 Å². The zero-order valence-corrected chi connectivity index (χ0v) is 10.7. The number of unbranched alkanes of at least 4 members (excludes halogenated alkanes) is 1. The standard InChI is InChI=1S/C13H27N3/c1-2-12-6-5-10-16(11-8-12)9-4-3-7-13(14)15/h12H,2-11H2,1H3,(H3,14,15). The topological polar surface area (TPSA) is 53.1 Å². The van der Waals surface area contributed by atoms with E-state index in [9.17, 15) is 0 Å². The highest BCUT2D eigenvalue weighted by molar-refractivity contribution is 5.76. The Balaban J connectivity index is 2.10. The van der Waals surface area contributed by atoms with Gasteiger partial charge in [-0.05, 0) is 57.7 Å². The number of hydrogen-bond donors (Lipinski definition) is 2. The second-order valence-electron chi connectivity index (χ2n) is 5.03. The van der Waals surface area contributed by atoms with Gasteiger partial charge in [-0.3, -0.25) is 5.41 Å². The molecule has 3 N–H and O–H groups in total. The summed E-state index contributed by atoms with van der Waals surface area (Å²) in [6.07, 6.45) is 8.54. The van der Waals surface area contributed by atoms with Gasteiger partial charge in [-0.2, -0.15) is 0 Å². The van der Waals surface area contributed by atoms with Crippen LogP contribution >= 0.6 is 0 Å². The number of nitrogens with zero attached hydrogens (tertiary/aromatic N) is 1. The maximum atomic E-state index is 7.17. The van der Waals surface area contributed by atoms with Gasteiger partial charge in [0.1, 0.15) is 0 Å². The monoisotopic (exact) mass is 225 g/mol. The van der Waals surface area contributed by atoms with E-state index >= 15 is 0 Å². The average Bonchev–Trinajstić information content (AvgIpc) is 2.49. The van der Waals surface area contributed by atoms with Gasteiger partial charge in [-0.1, -0.05) is 13.3 Å². The van der Waals surface area contributed by atoms with E-state index in [1.54, 1.807) is 0 Å². The van der Waals surface area contributed by atoms with Crippen molar-refractivity contribution in [3.05, 3.63) is 0 Å². The first-order chi connectivity index (χ1) is 7.72. The fourth-order valence-electron chi connectivity index (χ4n) is 2.51. The van der Waals surface area contributed by atoms with Crippen molar-refractivity contribution in [3.63, 3.8) is 0 Å². The molecule has 1 unspecified atom stereocenters. The highest BCUT2D eigenvalue weighted by atomic mass is 15.1. The molecular weight excluding hydrogens is 198 g/mol. The van der Waals surface area contributed by atoms with Crippen LogP contribution in [0.5, 0.6) is 0 Å². The lowest BCUT2D eigenvalue weighted by Gasteiger charge is -2.19. The van der Waals surface area contributed by atoms with Crippen molar-refractivity contribution in [2.45, 2.75) is 51.9 Å². The molecule has 1 aliphatic heterocycles. The summed E-state index contributed by atoms with van der Waals surface area (Å²) in [6.45, 7) is 6.06. The first-order valence-corrected chi connectivity index (χ1v) is 6.77. The minimum Gasteiger partial charge on any atom is -0.388 e. The van der Waals surface area contributed by atoms with Crippen molar-refractivity contribution < 1.29 is 0 Å². The molecule has 16 heavy (non-hydrogen) atoms. The van der Waals surface area contributed by atoms with E-state index in [1.807, 2.05) is 0 Å². The molecule has 0 aromatic carbocycles. The largest absolute Gasteiger partial charge is 0.388 e. The fraction of sp³-hybridized carbons (Fsp3) is 0.923. The Morgan fingerprint density at radius 2 is 2.12 bits per heavy atom. The molecule has 1 atom stereocenters. The van der Waals surface area contributed by atoms with Gasteiger partial charge in [0.05, 0.1) is 5.84 Å². The summed E-state index contributed by atoms with van der Waals surface area (Å²) < 4.78 is 0. The second-order valence-corrected chi connectivity index (χ2v) is 5.03. The molecular formula is C13H27N3. The summed E-state index contributed by atoms with van der Waals surface area (Å²) >= 11 is 0. The summed E-state index contributed by atoms with van der Waals surface area (Å²) in [5.41, 5.74) is 5.34. The molecule has 0 radical (unpaired) electrons. The molecule has 0 bridgehead atoms. The van der Waals surface area contributed by atoms with Gasteiger partial charge in [0.15, 0.2) is 0 Å². The van der Waals surface area contributed by atoms with Gasteiger partial charge in [0, 0.05) is 6.42 Å². The van der Waals surface area contributed by atoms with Gasteiger partial charge in [0.2, 0.25) is 0 Å². The van der Waals surface area contributed by atoms with Crippen LogP contribution in [0.15, 0.2) is 0 Å². The van der Waals surface area contributed by atoms with Gasteiger partial charge in [0.25, 0.3) is 0 Å². The van der Waals surface area contributed by atoms with Gasteiger partial charge in [-0.25, -0.2) is 0 Å². The van der Waals surface area contributed by atoms with E-state index in [4.69, 9.17) is 11.1 Å². The van der Waals surface area contributed by atoms with Crippen LogP contribution in [0.4, 0.5) is 0 Å². The van der Waals surface area contributed by atoms with Crippen LogP contribution in [0.3, 0.4) is 0 Å². The lowest BCUT2D eigenvalue weighted by molar-refractivity contribution is 0.275. The summed E-state index contributed by atoms with van der Waals surface area (Å²) in [5.74, 6) is 1.30. The lowest BCUT2D eigenvalue weighted by Crippen LogP contribution is -2.26. The third-order valence-corrected chi connectivity index (χ3v) is 3.69. The van der Waals surface area contributed by atoms with Crippen LogP contribution in [0.25, 0.3) is 0 Å². The van der Waals surface area contributed by atoms with E-state index in [0.717, 1.165) is 18.8 Å². The predicted molar refractivity (Wildman–Crippen MR) is 69.8 cm³/mol. The molecule has 0 saturated carbocycles. The molecule has 0 aromatic heterocycles. The van der Waals surface area contributed by atoms with E-state index in [0.29, 0.717) is 5.84 Å². The molecule has 1 saturated heterocycles. The molecule has 0 aliphatic carbocycles. The summed E-state index contributed by atoms with van der Waals surface area (Å²) in [7, 11) is 0. The molecule has 3 nitrogen and oxygen atoms in total. The highest BCUT2D eigenvalue weighted by Gasteiger charge is 2.14. The van der Waals surface area contributed by atoms with Crippen molar-refractivity contribution in [2.75, 3.05) is 19.6 Å². The van der Waals surface area contributed by atoms with E-state index in [-0.39, 0.29) is 0 Å². The van der Waals surface area contributed by atoms with Gasteiger partial charge < -0.3 is 10.6 Å². The van der Waals surface area contributed by atoms with Crippen LogP contribution in [0.1, 0.15) is 51.9 Å². The minimum atomic E-state index is 0.335. The molecule has 94 valence electrons. The van der Waals surface area contributed by atoms with Crippen LogP contribution in [0.2, 0.25) is 0 Å². The van der Waals surface area contributed by atoms with Crippen molar-refractivity contribution in [1.82, 2.24) is 4.90 Å². The molecule has 0 aromatic rings. The third kappa shape index (κ3) is 5.50. The normalized spacial score (nSPS) is 22.9. The second kappa shape index (κ2) is 7.66. The highest BCUT2D eigenvalue weighted by Crippen LogP contribution is 2.20. The maximum absolute atomic E-state index is 7.17. The summed E-state index contributed by atoms with van der Waals surface area (Å²) in [4.78, 5) is 2.59. The van der Waals surface area contributed by atoms with Crippen molar-refractivity contribution in [1.29, 1.82) is 5.41 Å². The van der Waals surface area contributed by atoms with Crippen molar-refractivity contribution >= 4 is 5.84 Å². The lowest BCUT2D eigenvalue weighted by atomic mass is 9.98. The predicted octanol–water partition coefficient (Wildman–Crippen LogP) is 2.60. The molecule has 3 heteroatoms. The number of nitrogens with one attached hydrogen (secondary N) is 1. The minimum absolute atomic E-state index is 0.335. The van der Waals surface area contributed by atoms with E-state index in [2.05, 4.69) is 11.8 Å². The molecule has 1 fully saturated rings. The Hall–Kier alpha value is -0.570. The summed E-state index contributed by atoms with van der Waals surface area (Å²) in [6, 6.07) is 0. The van der Waals surface area contributed by atoms with Gasteiger partial charge >= 0.3 is 0 Å². The van der Waals surface area contributed by atoms with E-state index < -0.39 is 0 Å². The first-order valence-electron chi connectivity index (χ1n) is 6.77. The quantitative estimate of drug-likeness (QED) is 0.415. The first kappa shape index (κ1) is 13.5. The molecule has 1 aliphatic rings. The summed E-state index contributed by atoms with van der Waals surface area (Å²) in [5, 5.41) is 7.17. The van der Waals surface area contributed by atoms with E-state index in [1.165, 1.54) is 51.7 Å². The van der Waals surface area contributed by atoms with Crippen LogP contribution in [-0.4, -0.2) is 30.4 Å². The molecule has 0 amide bonds. The number of amidine groups is 1. The molecule has 1 heterocycles. The van der Waals surface area contributed by atoms with Crippen molar-refractivity contribution in [3.8, 4) is 0 Å². The number of likely N-dealkylation sites (tertiary alicyclic amines) is 1.